The van der Waals surface area contributed by atoms with Gasteiger partial charge in [0.1, 0.15) is 0 Å². The first-order chi connectivity index (χ1) is 32.2. The van der Waals surface area contributed by atoms with E-state index in [4.69, 9.17) is 26.0 Å². The summed E-state index contributed by atoms with van der Waals surface area (Å²) in [6.07, 6.45) is 0. The molecule has 9 rings (SSSR count). The van der Waals surface area contributed by atoms with Gasteiger partial charge in [0.05, 0.1) is 35.6 Å². The van der Waals surface area contributed by atoms with Crippen molar-refractivity contribution in [3.05, 3.63) is 157 Å². The highest BCUT2D eigenvalue weighted by Gasteiger charge is 2.11. The Labute approximate surface area is 290 Å². The van der Waals surface area contributed by atoms with Crippen LogP contribution in [-0.2, 0) is 0 Å². The van der Waals surface area contributed by atoms with Crippen LogP contribution in [0, 0.1) is 0 Å². The number of hydrogen-bond acceptors (Lipinski definition) is 1. The number of rotatable bonds is 3. The summed E-state index contributed by atoms with van der Waals surface area (Å²) in [5.41, 5.74) is -4.63. The van der Waals surface area contributed by atoms with Gasteiger partial charge < -0.3 is 0 Å². The van der Waals surface area contributed by atoms with Crippen molar-refractivity contribution < 1.29 is 35.6 Å². The van der Waals surface area contributed by atoms with E-state index in [0.29, 0.717) is 0 Å². The van der Waals surface area contributed by atoms with Gasteiger partial charge in [0.15, 0.2) is 0 Å². The maximum absolute atomic E-state index is 9.60. The molecule has 0 radical (unpaired) electrons. The van der Waals surface area contributed by atoms with Gasteiger partial charge in [-0.25, -0.2) is 0 Å². The second-order valence-electron chi connectivity index (χ2n) is 9.26. The summed E-state index contributed by atoms with van der Waals surface area (Å²) in [5.74, 6) is 0. The Balaban J connectivity index is 1.40. The van der Waals surface area contributed by atoms with Crippen LogP contribution >= 0.6 is 11.3 Å². The molecule has 0 fully saturated rings. The summed E-state index contributed by atoms with van der Waals surface area (Å²) in [4.78, 5) is 0. The summed E-state index contributed by atoms with van der Waals surface area (Å²) in [6, 6.07) is -21.5. The zero-order valence-corrected chi connectivity index (χ0v) is 22.2. The van der Waals surface area contributed by atoms with E-state index in [-0.39, 0.29) is 20.2 Å². The lowest BCUT2D eigenvalue weighted by molar-refractivity contribution is 1.59. The van der Waals surface area contributed by atoms with Crippen LogP contribution in [0.25, 0.3) is 85.9 Å². The van der Waals surface area contributed by atoms with Gasteiger partial charge in [-0.2, -0.15) is 0 Å². The molecule has 9 aromatic rings. The molecule has 0 aliphatic heterocycles. The van der Waals surface area contributed by atoms with E-state index in [2.05, 4.69) is 0 Å². The fraction of sp³-hybridized carbons (Fsp3) is 0. The van der Waals surface area contributed by atoms with E-state index in [1.807, 2.05) is 0 Å². The van der Waals surface area contributed by atoms with Crippen molar-refractivity contribution in [3.63, 3.8) is 0 Å². The molecule has 0 nitrogen and oxygen atoms in total. The van der Waals surface area contributed by atoms with Crippen LogP contribution in [-0.4, -0.2) is 0 Å². The summed E-state index contributed by atoms with van der Waals surface area (Å²) in [7, 11) is 0. The predicted molar refractivity (Wildman–Crippen MR) is 188 cm³/mol. The Kier molecular flexibility index (Phi) is 2.23. The second kappa shape index (κ2) is 9.66. The fourth-order valence-corrected chi connectivity index (χ4v) is 5.78. The molecular weight excluding hydrogens is 537 g/mol. The molecule has 0 spiro atoms. The molecule has 1 aromatic heterocycles. The third-order valence-corrected chi connectivity index (χ3v) is 7.84. The highest BCUT2D eigenvalue weighted by Crippen LogP contribution is 2.39. The Bertz CT molecular complexity index is 3890. The fourth-order valence-electron chi connectivity index (χ4n) is 4.87. The van der Waals surface area contributed by atoms with Crippen LogP contribution < -0.4 is 0 Å². The molecule has 0 unspecified atom stereocenters. The van der Waals surface area contributed by atoms with Crippen molar-refractivity contribution in [2.45, 2.75) is 0 Å². The largest absolute Gasteiger partial charge is 0.135 e. The molecule has 0 saturated carbocycles. The molecule has 1 heteroatoms. The van der Waals surface area contributed by atoms with Crippen LogP contribution in [0.4, 0.5) is 0 Å². The summed E-state index contributed by atoms with van der Waals surface area (Å²) in [6.45, 7) is 0. The third-order valence-electron chi connectivity index (χ3n) is 6.82. The van der Waals surface area contributed by atoms with Gasteiger partial charge in [0.25, 0.3) is 0 Å². The summed E-state index contributed by atoms with van der Waals surface area (Å²) < 4.78 is 231. The maximum Gasteiger partial charge on any atom is 0.0638 e. The minimum absolute atomic E-state index is 0.0373. The molecule has 0 aliphatic rings. The first kappa shape index (κ1) is 9.91. The Morgan fingerprint density at radius 3 is 1.37 bits per heavy atom. The van der Waals surface area contributed by atoms with Gasteiger partial charge in [-0.05, 0) is 95.9 Å². The Morgan fingerprint density at radius 2 is 0.698 bits per heavy atom. The van der Waals surface area contributed by atoms with Crippen molar-refractivity contribution in [2.24, 2.45) is 0 Å². The van der Waals surface area contributed by atoms with E-state index in [0.717, 1.165) is 11.3 Å². The number of thiophene rings is 1. The third kappa shape index (κ3) is 3.97. The molecule has 0 aliphatic carbocycles. The lowest BCUT2D eigenvalue weighted by Crippen LogP contribution is -1.86. The van der Waals surface area contributed by atoms with Crippen molar-refractivity contribution in [3.8, 4) is 33.4 Å². The van der Waals surface area contributed by atoms with Gasteiger partial charge in [-0.1, -0.05) is 127 Å². The number of benzene rings is 8. The molecule has 0 bridgehead atoms. The quantitative estimate of drug-likeness (QED) is 0.180. The van der Waals surface area contributed by atoms with Crippen molar-refractivity contribution in [1.29, 1.82) is 0 Å². The lowest BCUT2D eigenvalue weighted by atomic mass is 9.91. The van der Waals surface area contributed by atoms with Crippen LogP contribution in [0.5, 0.6) is 0 Å². The van der Waals surface area contributed by atoms with Gasteiger partial charge in [-0.3, -0.25) is 0 Å². The van der Waals surface area contributed by atoms with E-state index < -0.39 is 223 Å². The smallest absolute Gasteiger partial charge is 0.0638 e. The highest BCUT2D eigenvalue weighted by atomic mass is 32.1. The van der Waals surface area contributed by atoms with Crippen molar-refractivity contribution >= 4 is 63.8 Å². The summed E-state index contributed by atoms with van der Waals surface area (Å²) >= 11 is 0.729. The molecule has 43 heavy (non-hydrogen) atoms. The molecule has 0 atom stereocenters. The molecule has 1 heterocycles. The van der Waals surface area contributed by atoms with E-state index in [1.54, 1.807) is 0 Å². The molecule has 200 valence electrons. The van der Waals surface area contributed by atoms with Gasteiger partial charge in [-0.15, -0.1) is 11.3 Å². The number of hydrogen-bond donors (Lipinski definition) is 0. The predicted octanol–water partition coefficient (Wildman–Crippen LogP) is 12.5. The van der Waals surface area contributed by atoms with E-state index in [9.17, 15) is 9.60 Å². The normalized spacial score (nSPS) is 20.2. The van der Waals surface area contributed by atoms with Crippen LogP contribution in [0.2, 0.25) is 0 Å². The first-order valence-electron chi connectivity index (χ1n) is 25.7. The zero-order valence-electron chi connectivity index (χ0n) is 47.4. The standard InChI is InChI=1S/C42H26S/c1-2-12-35-33(10-1)34-11-3-4-13-36(34)39-25-32(20-22-37(35)39)30-9-7-8-29(24-30)27-16-18-28(19-17-27)31-21-23-42-40(26-31)38-14-5-6-15-41(38)43-42/h1-26H/i1D,2D,3D,4D,5D,6D,7D,8D,9D,10D,11D,12D,13D,14D,15D,16D,17D,18D,19D,20D,21D,22D,23D,24D,25D,26D. The molecule has 0 amide bonds. The minimum Gasteiger partial charge on any atom is -0.135 e. The topological polar surface area (TPSA) is 0 Å². The van der Waals surface area contributed by atoms with Crippen molar-refractivity contribution in [2.75, 3.05) is 0 Å². The number of fused-ring (bicyclic) bond motifs is 9. The maximum atomic E-state index is 9.60. The van der Waals surface area contributed by atoms with Gasteiger partial charge >= 0.3 is 0 Å². The SMILES string of the molecule is [2H]c1c([2H])c(-c2c([2H])c([2H])c(-c3c([2H])c([2H])c4sc5c([2H])c([2H])c([2H])c([2H])c5c4c3[2H])c([2H])c2[2H])c([2H])c(-c2c([2H])c([2H])c3c4c([2H])c([2H])c([2H])c([2H])c4c4c([2H])c([2H])c([2H])c([2H])c4c3c2[2H])c1[2H]. The zero-order chi connectivity index (χ0) is 51.0. The molecule has 0 N–H and O–H groups in total. The van der Waals surface area contributed by atoms with Crippen LogP contribution in [0.1, 0.15) is 35.6 Å². The molecule has 0 saturated heterocycles. The van der Waals surface area contributed by atoms with Crippen molar-refractivity contribution in [1.82, 2.24) is 0 Å². The lowest BCUT2D eigenvalue weighted by Gasteiger charge is -2.12. The van der Waals surface area contributed by atoms with E-state index in [1.165, 1.54) is 0 Å². The second-order valence-corrected chi connectivity index (χ2v) is 10.3. The first-order valence-corrected chi connectivity index (χ1v) is 13.5. The Hall–Kier alpha value is -5.24. The highest BCUT2D eigenvalue weighted by molar-refractivity contribution is 7.25. The molecule has 8 aromatic carbocycles. The van der Waals surface area contributed by atoms with Gasteiger partial charge in [0.2, 0.25) is 0 Å². The molecular formula is C42H26S. The van der Waals surface area contributed by atoms with Crippen LogP contribution in [0.15, 0.2) is 157 Å². The van der Waals surface area contributed by atoms with E-state index >= 15 is 0 Å². The average Bonchev–Trinajstić information content (AvgIpc) is 3.73. The minimum atomic E-state index is -1.03. The Morgan fingerprint density at radius 1 is 0.279 bits per heavy atom. The monoisotopic (exact) mass is 588 g/mol. The average molecular weight is 589 g/mol. The van der Waals surface area contributed by atoms with Gasteiger partial charge in [0, 0.05) is 20.2 Å². The summed E-state index contributed by atoms with van der Waals surface area (Å²) in [5, 5.41) is -3.37. The van der Waals surface area contributed by atoms with Crippen LogP contribution in [0.3, 0.4) is 0 Å².